The molecule has 0 aliphatic heterocycles. The minimum Gasteiger partial charge on any atom is -0.351 e. The van der Waals surface area contributed by atoms with Gasteiger partial charge in [0.2, 0.25) is 0 Å². The molecule has 0 aromatic heterocycles. The maximum atomic E-state index is 11.5. The third-order valence-corrected chi connectivity index (χ3v) is 2.19. The van der Waals surface area contributed by atoms with E-state index in [0.29, 0.717) is 5.02 Å². The fourth-order valence-electron chi connectivity index (χ4n) is 0.987. The van der Waals surface area contributed by atoms with E-state index in [1.165, 1.54) is 18.2 Å². The molecule has 0 saturated heterocycles. The van der Waals surface area contributed by atoms with E-state index < -0.39 is 18.0 Å². The van der Waals surface area contributed by atoms with Crippen molar-refractivity contribution in [2.75, 3.05) is 0 Å². The first-order chi connectivity index (χ1) is 7.90. The van der Waals surface area contributed by atoms with E-state index in [4.69, 9.17) is 28.9 Å². The van der Waals surface area contributed by atoms with Gasteiger partial charge in [0.25, 0.3) is 5.91 Å². The van der Waals surface area contributed by atoms with Gasteiger partial charge < -0.3 is 5.73 Å². The summed E-state index contributed by atoms with van der Waals surface area (Å²) in [5, 5.41) is 3.98. The van der Waals surface area contributed by atoms with Crippen LogP contribution in [-0.2, 0) is 0 Å². The third-order valence-electron chi connectivity index (χ3n) is 1.64. The predicted octanol–water partition coefficient (Wildman–Crippen LogP) is 1.51. The lowest BCUT2D eigenvalue weighted by Crippen LogP contribution is -2.44. The number of nitrogens with one attached hydrogen (secondary N) is 2. The molecule has 0 fully saturated rings. The van der Waals surface area contributed by atoms with Gasteiger partial charge in [-0.05, 0) is 18.2 Å². The van der Waals surface area contributed by atoms with Gasteiger partial charge in [-0.2, -0.15) is 0 Å². The zero-order chi connectivity index (χ0) is 13.0. The zero-order valence-electron chi connectivity index (χ0n) is 8.29. The summed E-state index contributed by atoms with van der Waals surface area (Å²) >= 11 is 11.4. The number of nitrogens with two attached hydrogens (primary N) is 1. The number of amides is 5. The summed E-state index contributed by atoms with van der Waals surface area (Å²) in [6.07, 6.45) is 0. The summed E-state index contributed by atoms with van der Waals surface area (Å²) in [5.74, 6) is -0.773. The standard InChI is InChI=1S/C9H7Cl2N3O3/c10-4-1-2-5(6(11)3-4)7(15)13-9(17)14-8(12)16/h1-3H,(H4,12,13,14,15,16,17). The lowest BCUT2D eigenvalue weighted by molar-refractivity contribution is 0.0965. The number of carbonyl (C=O) groups is 3. The van der Waals surface area contributed by atoms with Gasteiger partial charge in [-0.25, -0.2) is 9.59 Å². The van der Waals surface area contributed by atoms with E-state index in [-0.39, 0.29) is 10.6 Å². The van der Waals surface area contributed by atoms with Crippen LogP contribution in [0.15, 0.2) is 18.2 Å². The van der Waals surface area contributed by atoms with Crippen molar-refractivity contribution in [1.29, 1.82) is 0 Å². The average molecular weight is 276 g/mol. The van der Waals surface area contributed by atoms with Crippen LogP contribution in [0.1, 0.15) is 10.4 Å². The topological polar surface area (TPSA) is 101 Å². The lowest BCUT2D eigenvalue weighted by atomic mass is 10.2. The van der Waals surface area contributed by atoms with Crippen molar-refractivity contribution in [2.24, 2.45) is 5.73 Å². The summed E-state index contributed by atoms with van der Waals surface area (Å²) in [4.78, 5) is 32.9. The number of imide groups is 2. The molecule has 1 rings (SSSR count). The highest BCUT2D eigenvalue weighted by Crippen LogP contribution is 2.20. The predicted molar refractivity (Wildman–Crippen MR) is 62.0 cm³/mol. The Kier molecular flexibility index (Phi) is 4.30. The van der Waals surface area contributed by atoms with Crippen LogP contribution in [0.3, 0.4) is 0 Å². The molecule has 6 nitrogen and oxygen atoms in total. The molecule has 0 atom stereocenters. The monoisotopic (exact) mass is 275 g/mol. The first kappa shape index (κ1) is 13.3. The van der Waals surface area contributed by atoms with Crippen molar-refractivity contribution in [3.8, 4) is 0 Å². The van der Waals surface area contributed by atoms with Gasteiger partial charge in [0.05, 0.1) is 10.6 Å². The smallest absolute Gasteiger partial charge is 0.329 e. The summed E-state index contributed by atoms with van der Waals surface area (Å²) in [7, 11) is 0. The maximum Gasteiger partial charge on any atom is 0.329 e. The third kappa shape index (κ3) is 3.93. The molecule has 5 amide bonds. The fraction of sp³-hybridized carbons (Fsp3) is 0. The van der Waals surface area contributed by atoms with Crippen LogP contribution in [0.5, 0.6) is 0 Å². The van der Waals surface area contributed by atoms with E-state index in [1.807, 2.05) is 5.32 Å². The number of benzene rings is 1. The highest BCUT2D eigenvalue weighted by Gasteiger charge is 2.14. The highest BCUT2D eigenvalue weighted by molar-refractivity contribution is 6.37. The second-order valence-electron chi connectivity index (χ2n) is 2.90. The molecule has 0 heterocycles. The van der Waals surface area contributed by atoms with Crippen LogP contribution < -0.4 is 16.4 Å². The van der Waals surface area contributed by atoms with Gasteiger partial charge >= 0.3 is 12.1 Å². The minimum absolute atomic E-state index is 0.0516. The highest BCUT2D eigenvalue weighted by atomic mass is 35.5. The molecule has 0 radical (unpaired) electrons. The molecular formula is C9H7Cl2N3O3. The molecule has 90 valence electrons. The SMILES string of the molecule is NC(=O)NC(=O)NC(=O)c1ccc(Cl)cc1Cl. The van der Waals surface area contributed by atoms with Crippen molar-refractivity contribution >= 4 is 41.2 Å². The Morgan fingerprint density at radius 2 is 1.76 bits per heavy atom. The Bertz CT molecular complexity index is 490. The normalized spacial score (nSPS) is 9.53. The molecule has 0 aliphatic carbocycles. The quantitative estimate of drug-likeness (QED) is 0.724. The summed E-state index contributed by atoms with van der Waals surface area (Å²) in [6.45, 7) is 0. The Hall–Kier alpha value is -1.79. The number of carbonyl (C=O) groups excluding carboxylic acids is 3. The van der Waals surface area contributed by atoms with Crippen LogP contribution in [0.2, 0.25) is 10.0 Å². The Labute approximate surface area is 106 Å². The van der Waals surface area contributed by atoms with Crippen molar-refractivity contribution in [1.82, 2.24) is 10.6 Å². The maximum absolute atomic E-state index is 11.5. The Balaban J connectivity index is 2.76. The van der Waals surface area contributed by atoms with E-state index in [0.717, 1.165) is 0 Å². The molecule has 0 aliphatic rings. The van der Waals surface area contributed by atoms with Gasteiger partial charge in [0.1, 0.15) is 0 Å². The largest absolute Gasteiger partial charge is 0.351 e. The van der Waals surface area contributed by atoms with E-state index in [9.17, 15) is 14.4 Å². The van der Waals surface area contributed by atoms with Crippen LogP contribution in [0.4, 0.5) is 9.59 Å². The number of rotatable bonds is 1. The molecule has 0 bridgehead atoms. The molecule has 0 spiro atoms. The van der Waals surface area contributed by atoms with Crippen molar-refractivity contribution in [3.63, 3.8) is 0 Å². The summed E-state index contributed by atoms with van der Waals surface area (Å²) < 4.78 is 0. The van der Waals surface area contributed by atoms with Gasteiger partial charge in [0.15, 0.2) is 0 Å². The van der Waals surface area contributed by atoms with Gasteiger partial charge in [-0.3, -0.25) is 15.4 Å². The molecule has 8 heteroatoms. The summed E-state index contributed by atoms with van der Waals surface area (Å²) in [5.41, 5.74) is 4.74. The van der Waals surface area contributed by atoms with Gasteiger partial charge in [-0.15, -0.1) is 0 Å². The van der Waals surface area contributed by atoms with Crippen molar-refractivity contribution in [2.45, 2.75) is 0 Å². The molecule has 0 unspecified atom stereocenters. The zero-order valence-corrected chi connectivity index (χ0v) is 9.80. The number of primary amides is 1. The second kappa shape index (κ2) is 5.51. The molecule has 0 saturated carbocycles. The second-order valence-corrected chi connectivity index (χ2v) is 3.74. The van der Waals surface area contributed by atoms with Crippen molar-refractivity contribution in [3.05, 3.63) is 33.8 Å². The van der Waals surface area contributed by atoms with Gasteiger partial charge in [-0.1, -0.05) is 23.2 Å². The van der Waals surface area contributed by atoms with E-state index in [2.05, 4.69) is 0 Å². The number of hydrogen-bond donors (Lipinski definition) is 3. The fourth-order valence-corrected chi connectivity index (χ4v) is 1.48. The Morgan fingerprint density at radius 3 is 2.29 bits per heavy atom. The van der Waals surface area contributed by atoms with E-state index >= 15 is 0 Å². The lowest BCUT2D eigenvalue weighted by Gasteiger charge is -2.05. The van der Waals surface area contributed by atoms with Crippen LogP contribution in [-0.4, -0.2) is 18.0 Å². The molecule has 17 heavy (non-hydrogen) atoms. The molecular weight excluding hydrogens is 269 g/mol. The first-order valence-corrected chi connectivity index (χ1v) is 5.02. The number of halogens is 2. The molecule has 4 N–H and O–H groups in total. The van der Waals surface area contributed by atoms with Crippen LogP contribution in [0.25, 0.3) is 0 Å². The number of hydrogen-bond acceptors (Lipinski definition) is 3. The molecule has 1 aromatic carbocycles. The van der Waals surface area contributed by atoms with Crippen LogP contribution >= 0.6 is 23.2 Å². The minimum atomic E-state index is -1.07. The average Bonchev–Trinajstić information content (AvgIpc) is 2.15. The van der Waals surface area contributed by atoms with Crippen LogP contribution in [0, 0.1) is 0 Å². The number of urea groups is 2. The first-order valence-electron chi connectivity index (χ1n) is 4.27. The Morgan fingerprint density at radius 1 is 1.12 bits per heavy atom. The molecule has 1 aromatic rings. The van der Waals surface area contributed by atoms with Gasteiger partial charge in [0, 0.05) is 5.02 Å². The van der Waals surface area contributed by atoms with Crippen molar-refractivity contribution < 1.29 is 14.4 Å². The van der Waals surface area contributed by atoms with E-state index in [1.54, 1.807) is 5.32 Å². The summed E-state index contributed by atoms with van der Waals surface area (Å²) in [6, 6.07) is 2.03.